The average molecular weight is 269 g/mol. The number of rotatable bonds is 4. The highest BCUT2D eigenvalue weighted by Crippen LogP contribution is 2.25. The SMILES string of the molecule is CCN1CCC(CN=C2NC(C)(CC)CCS2)C1. The predicted molar refractivity (Wildman–Crippen MR) is 81.4 cm³/mol. The Bertz CT molecular complexity index is 305. The molecule has 104 valence electrons. The van der Waals surface area contributed by atoms with E-state index in [0.29, 0.717) is 0 Å². The Balaban J connectivity index is 1.82. The minimum absolute atomic E-state index is 0.273. The molecule has 1 N–H and O–H groups in total. The van der Waals surface area contributed by atoms with Crippen molar-refractivity contribution < 1.29 is 0 Å². The fraction of sp³-hybridized carbons (Fsp3) is 0.929. The lowest BCUT2D eigenvalue weighted by molar-refractivity contribution is 0.343. The lowest BCUT2D eigenvalue weighted by atomic mass is 9.96. The van der Waals surface area contributed by atoms with Crippen LogP contribution in [0.3, 0.4) is 0 Å². The van der Waals surface area contributed by atoms with Crippen LogP contribution < -0.4 is 5.32 Å². The third-order valence-corrected chi connectivity index (χ3v) is 5.30. The quantitative estimate of drug-likeness (QED) is 0.850. The number of aliphatic imine (C=N–C) groups is 1. The van der Waals surface area contributed by atoms with Crippen LogP contribution >= 0.6 is 11.8 Å². The molecule has 4 heteroatoms. The largest absolute Gasteiger partial charge is 0.360 e. The van der Waals surface area contributed by atoms with Gasteiger partial charge in [-0.15, -0.1) is 0 Å². The molecule has 0 aromatic rings. The van der Waals surface area contributed by atoms with Crippen molar-refractivity contribution in [3.8, 4) is 0 Å². The molecule has 2 rings (SSSR count). The molecular formula is C14H27N3S. The Labute approximate surface area is 116 Å². The maximum absolute atomic E-state index is 4.82. The van der Waals surface area contributed by atoms with Crippen LogP contribution in [0.4, 0.5) is 0 Å². The molecule has 0 spiro atoms. The Morgan fingerprint density at radius 1 is 1.50 bits per heavy atom. The normalized spacial score (nSPS) is 35.9. The molecular weight excluding hydrogens is 242 g/mol. The summed E-state index contributed by atoms with van der Waals surface area (Å²) in [6.07, 6.45) is 3.75. The van der Waals surface area contributed by atoms with E-state index in [1.54, 1.807) is 0 Å². The number of amidine groups is 1. The van der Waals surface area contributed by atoms with Crippen molar-refractivity contribution in [2.24, 2.45) is 10.9 Å². The molecule has 2 atom stereocenters. The molecule has 0 amide bonds. The highest BCUT2D eigenvalue weighted by molar-refractivity contribution is 8.13. The summed E-state index contributed by atoms with van der Waals surface area (Å²) >= 11 is 1.90. The Hall–Kier alpha value is -0.220. The van der Waals surface area contributed by atoms with Gasteiger partial charge in [-0.25, -0.2) is 0 Å². The van der Waals surface area contributed by atoms with Gasteiger partial charge in [-0.3, -0.25) is 4.99 Å². The smallest absolute Gasteiger partial charge is 0.156 e. The van der Waals surface area contributed by atoms with Crippen molar-refractivity contribution in [1.82, 2.24) is 10.2 Å². The summed E-state index contributed by atoms with van der Waals surface area (Å²) in [4.78, 5) is 7.35. The van der Waals surface area contributed by atoms with Gasteiger partial charge in [0.25, 0.3) is 0 Å². The van der Waals surface area contributed by atoms with Crippen molar-refractivity contribution >= 4 is 16.9 Å². The molecule has 0 bridgehead atoms. The van der Waals surface area contributed by atoms with Gasteiger partial charge in [-0.05, 0) is 45.2 Å². The second-order valence-electron chi connectivity index (χ2n) is 5.83. The highest BCUT2D eigenvalue weighted by Gasteiger charge is 2.28. The number of likely N-dealkylation sites (tertiary alicyclic amines) is 1. The van der Waals surface area contributed by atoms with Gasteiger partial charge < -0.3 is 10.2 Å². The molecule has 18 heavy (non-hydrogen) atoms. The topological polar surface area (TPSA) is 27.6 Å². The molecule has 3 nitrogen and oxygen atoms in total. The fourth-order valence-electron chi connectivity index (χ4n) is 2.64. The standard InChI is InChI=1S/C14H27N3S/c1-4-14(3)7-9-18-13(16-14)15-10-12-6-8-17(5-2)11-12/h12H,4-11H2,1-3H3,(H,15,16). The zero-order valence-corrected chi connectivity index (χ0v) is 12.9. The summed E-state index contributed by atoms with van der Waals surface area (Å²) in [5.74, 6) is 1.98. The summed E-state index contributed by atoms with van der Waals surface area (Å²) < 4.78 is 0. The van der Waals surface area contributed by atoms with Gasteiger partial charge in [0.2, 0.25) is 0 Å². The van der Waals surface area contributed by atoms with E-state index in [1.807, 2.05) is 11.8 Å². The zero-order chi connectivity index (χ0) is 13.0. The van der Waals surface area contributed by atoms with E-state index >= 15 is 0 Å². The Morgan fingerprint density at radius 2 is 2.33 bits per heavy atom. The molecule has 2 aliphatic rings. The van der Waals surface area contributed by atoms with E-state index in [0.717, 1.165) is 12.5 Å². The number of hydrogen-bond donors (Lipinski definition) is 1. The van der Waals surface area contributed by atoms with Crippen LogP contribution in [0.15, 0.2) is 4.99 Å². The first kappa shape index (κ1) is 14.2. The maximum atomic E-state index is 4.82. The maximum Gasteiger partial charge on any atom is 0.156 e. The number of nitrogens with one attached hydrogen (secondary N) is 1. The highest BCUT2D eigenvalue weighted by atomic mass is 32.2. The molecule has 2 unspecified atom stereocenters. The zero-order valence-electron chi connectivity index (χ0n) is 12.0. The molecule has 0 aliphatic carbocycles. The predicted octanol–water partition coefficient (Wildman–Crippen LogP) is 2.58. The molecule has 2 fully saturated rings. The van der Waals surface area contributed by atoms with Crippen LogP contribution in [0.5, 0.6) is 0 Å². The van der Waals surface area contributed by atoms with Crippen LogP contribution in [0.2, 0.25) is 0 Å². The van der Waals surface area contributed by atoms with E-state index in [9.17, 15) is 0 Å². The van der Waals surface area contributed by atoms with Gasteiger partial charge in [0.05, 0.1) is 0 Å². The lowest BCUT2D eigenvalue weighted by Crippen LogP contribution is -2.48. The van der Waals surface area contributed by atoms with Crippen molar-refractivity contribution in [3.05, 3.63) is 0 Å². The molecule has 0 aromatic heterocycles. The monoisotopic (exact) mass is 269 g/mol. The molecule has 0 saturated carbocycles. The first-order chi connectivity index (χ1) is 8.65. The van der Waals surface area contributed by atoms with E-state index < -0.39 is 0 Å². The summed E-state index contributed by atoms with van der Waals surface area (Å²) in [6.45, 7) is 11.5. The van der Waals surface area contributed by atoms with E-state index in [1.165, 1.54) is 49.8 Å². The van der Waals surface area contributed by atoms with Gasteiger partial charge in [0.15, 0.2) is 5.17 Å². The second-order valence-corrected chi connectivity index (χ2v) is 6.92. The van der Waals surface area contributed by atoms with Crippen LogP contribution in [0.25, 0.3) is 0 Å². The number of hydrogen-bond acceptors (Lipinski definition) is 3. The fourth-order valence-corrected chi connectivity index (χ4v) is 3.87. The van der Waals surface area contributed by atoms with E-state index in [2.05, 4.69) is 31.0 Å². The van der Waals surface area contributed by atoms with Gasteiger partial charge >= 0.3 is 0 Å². The van der Waals surface area contributed by atoms with Crippen LogP contribution in [-0.2, 0) is 0 Å². The van der Waals surface area contributed by atoms with Crippen molar-refractivity contribution in [2.45, 2.75) is 45.6 Å². The van der Waals surface area contributed by atoms with Gasteiger partial charge in [0, 0.05) is 24.4 Å². The summed E-state index contributed by atoms with van der Waals surface area (Å²) in [7, 11) is 0. The minimum atomic E-state index is 0.273. The Kier molecular flexibility index (Phi) is 4.96. The van der Waals surface area contributed by atoms with Crippen LogP contribution in [0.1, 0.15) is 40.0 Å². The molecule has 0 aromatic carbocycles. The summed E-state index contributed by atoms with van der Waals surface area (Å²) in [6, 6.07) is 0. The van der Waals surface area contributed by atoms with Crippen molar-refractivity contribution in [1.29, 1.82) is 0 Å². The number of thioether (sulfide) groups is 1. The summed E-state index contributed by atoms with van der Waals surface area (Å²) in [5, 5.41) is 4.81. The van der Waals surface area contributed by atoms with Gasteiger partial charge in [-0.1, -0.05) is 25.6 Å². The third kappa shape index (κ3) is 3.64. The minimum Gasteiger partial charge on any atom is -0.360 e. The molecule has 0 radical (unpaired) electrons. The molecule has 2 heterocycles. The Morgan fingerprint density at radius 3 is 3.00 bits per heavy atom. The average Bonchev–Trinajstić information content (AvgIpc) is 2.85. The molecule has 2 saturated heterocycles. The first-order valence-corrected chi connectivity index (χ1v) is 8.31. The summed E-state index contributed by atoms with van der Waals surface area (Å²) in [5.41, 5.74) is 0.273. The third-order valence-electron chi connectivity index (χ3n) is 4.39. The lowest BCUT2D eigenvalue weighted by Gasteiger charge is -2.35. The molecule has 2 aliphatic heterocycles. The van der Waals surface area contributed by atoms with E-state index in [4.69, 9.17) is 4.99 Å². The van der Waals surface area contributed by atoms with Crippen molar-refractivity contribution in [3.63, 3.8) is 0 Å². The van der Waals surface area contributed by atoms with Crippen LogP contribution in [0, 0.1) is 5.92 Å². The van der Waals surface area contributed by atoms with Gasteiger partial charge in [0.1, 0.15) is 0 Å². The van der Waals surface area contributed by atoms with Gasteiger partial charge in [-0.2, -0.15) is 0 Å². The first-order valence-electron chi connectivity index (χ1n) is 7.33. The van der Waals surface area contributed by atoms with Crippen LogP contribution in [-0.4, -0.2) is 47.5 Å². The number of nitrogens with zero attached hydrogens (tertiary/aromatic N) is 2. The van der Waals surface area contributed by atoms with E-state index in [-0.39, 0.29) is 5.54 Å². The van der Waals surface area contributed by atoms with Crippen molar-refractivity contribution in [2.75, 3.05) is 31.9 Å². The second kappa shape index (κ2) is 6.29.